The van der Waals surface area contributed by atoms with Crippen LogP contribution >= 0.6 is 24.0 Å². The van der Waals surface area contributed by atoms with Gasteiger partial charge < -0.3 is 20.5 Å². The van der Waals surface area contributed by atoms with Gasteiger partial charge in [-0.2, -0.15) is 0 Å². The molecule has 1 aliphatic rings. The Morgan fingerprint density at radius 3 is 2.58 bits per heavy atom. The first-order valence-corrected chi connectivity index (χ1v) is 8.96. The maximum atomic E-state index is 10.3. The van der Waals surface area contributed by atoms with Crippen LogP contribution < -0.4 is 10.6 Å². The van der Waals surface area contributed by atoms with Gasteiger partial charge >= 0.3 is 0 Å². The Balaban J connectivity index is 0.00000338. The van der Waals surface area contributed by atoms with E-state index >= 15 is 0 Å². The minimum Gasteiger partial charge on any atom is -0.387 e. The summed E-state index contributed by atoms with van der Waals surface area (Å²) >= 11 is 0. The molecule has 1 saturated heterocycles. The minimum absolute atomic E-state index is 0. The van der Waals surface area contributed by atoms with Gasteiger partial charge in [0.15, 0.2) is 5.96 Å². The summed E-state index contributed by atoms with van der Waals surface area (Å²) in [4.78, 5) is 11.1. The molecule has 0 radical (unpaired) electrons. The molecule has 1 aliphatic heterocycles. The van der Waals surface area contributed by atoms with Crippen LogP contribution in [0.25, 0.3) is 0 Å². The zero-order valence-corrected chi connectivity index (χ0v) is 18.3. The van der Waals surface area contributed by atoms with Crippen molar-refractivity contribution in [2.45, 2.75) is 32.4 Å². The number of aliphatic hydroxyl groups excluding tert-OH is 1. The van der Waals surface area contributed by atoms with E-state index in [2.05, 4.69) is 34.4 Å². The lowest BCUT2D eigenvalue weighted by atomic mass is 10.0. The van der Waals surface area contributed by atoms with Crippen LogP contribution in [0.1, 0.15) is 32.4 Å². The predicted molar refractivity (Wildman–Crippen MR) is 115 cm³/mol. The fourth-order valence-electron chi connectivity index (χ4n) is 2.78. The molecular weight excluding hydrogens is 445 g/mol. The third kappa shape index (κ3) is 7.34. The molecular formula is C18H32IN5O2. The third-order valence-corrected chi connectivity index (χ3v) is 4.39. The van der Waals surface area contributed by atoms with Crippen molar-refractivity contribution in [1.82, 2.24) is 20.5 Å². The van der Waals surface area contributed by atoms with Crippen molar-refractivity contribution in [3.63, 3.8) is 0 Å². The second-order valence-electron chi connectivity index (χ2n) is 6.78. The number of hydrogen-bond donors (Lipinski definition) is 3. The number of rotatable bonds is 7. The van der Waals surface area contributed by atoms with Crippen molar-refractivity contribution in [3.8, 4) is 0 Å². The van der Waals surface area contributed by atoms with E-state index in [1.165, 1.54) is 0 Å². The molecule has 1 fully saturated rings. The summed E-state index contributed by atoms with van der Waals surface area (Å²) < 4.78 is 5.43. The van der Waals surface area contributed by atoms with E-state index < -0.39 is 6.10 Å². The van der Waals surface area contributed by atoms with Gasteiger partial charge in [-0.3, -0.25) is 14.9 Å². The van der Waals surface area contributed by atoms with Gasteiger partial charge in [-0.05, 0) is 38.5 Å². The van der Waals surface area contributed by atoms with Gasteiger partial charge in [0.2, 0.25) is 0 Å². The zero-order valence-electron chi connectivity index (χ0n) is 15.9. The standard InChI is InChI=1S/C18H31N5O2.HI/c1-4-20-17(21-13-16(24)15-5-7-19-8-6-15)22-14-18(2,3)23-9-11-25-12-10-23;/h5-8,16,24H,4,9-14H2,1-3H3,(H2,20,21,22);1H. The first-order valence-electron chi connectivity index (χ1n) is 8.96. The second kappa shape index (κ2) is 11.7. The van der Waals surface area contributed by atoms with E-state index in [0.717, 1.165) is 44.4 Å². The Morgan fingerprint density at radius 1 is 1.31 bits per heavy atom. The number of ether oxygens (including phenoxy) is 1. The molecule has 0 aliphatic carbocycles. The molecule has 8 heteroatoms. The Hall–Kier alpha value is -0.970. The van der Waals surface area contributed by atoms with Crippen LogP contribution in [0.4, 0.5) is 0 Å². The van der Waals surface area contributed by atoms with Crippen LogP contribution in [0.2, 0.25) is 0 Å². The van der Waals surface area contributed by atoms with Gasteiger partial charge in [0.1, 0.15) is 0 Å². The third-order valence-electron chi connectivity index (χ3n) is 4.39. The van der Waals surface area contributed by atoms with Crippen LogP contribution in [-0.2, 0) is 4.74 Å². The lowest BCUT2D eigenvalue weighted by Gasteiger charge is -2.39. The molecule has 0 saturated carbocycles. The normalized spacial score (nSPS) is 17.3. The Morgan fingerprint density at radius 2 is 1.96 bits per heavy atom. The quantitative estimate of drug-likeness (QED) is 0.313. The molecule has 148 valence electrons. The Labute approximate surface area is 173 Å². The lowest BCUT2D eigenvalue weighted by Crippen LogP contribution is -2.52. The first-order chi connectivity index (χ1) is 12.0. The highest BCUT2D eigenvalue weighted by molar-refractivity contribution is 14.0. The monoisotopic (exact) mass is 477 g/mol. The average molecular weight is 477 g/mol. The minimum atomic E-state index is -0.598. The van der Waals surface area contributed by atoms with Crippen molar-refractivity contribution < 1.29 is 9.84 Å². The number of pyridine rings is 1. The number of guanidine groups is 1. The van der Waals surface area contributed by atoms with Crippen LogP contribution in [0, 0.1) is 0 Å². The number of aliphatic hydroxyl groups is 1. The maximum Gasteiger partial charge on any atom is 0.191 e. The molecule has 0 spiro atoms. The number of aliphatic imine (C=N–C) groups is 1. The maximum absolute atomic E-state index is 10.3. The van der Waals surface area contributed by atoms with Crippen LogP contribution in [-0.4, -0.2) is 72.4 Å². The smallest absolute Gasteiger partial charge is 0.191 e. The molecule has 0 bridgehead atoms. The Bertz CT molecular complexity index is 536. The highest BCUT2D eigenvalue weighted by Crippen LogP contribution is 2.16. The van der Waals surface area contributed by atoms with Crippen LogP contribution in [0.15, 0.2) is 29.5 Å². The molecule has 1 unspecified atom stereocenters. The summed E-state index contributed by atoms with van der Waals surface area (Å²) in [6.45, 7) is 11.7. The molecule has 0 amide bonds. The van der Waals surface area contributed by atoms with Crippen molar-refractivity contribution in [2.75, 3.05) is 45.9 Å². The molecule has 3 N–H and O–H groups in total. The van der Waals surface area contributed by atoms with E-state index in [1.54, 1.807) is 12.4 Å². The van der Waals surface area contributed by atoms with Crippen molar-refractivity contribution in [1.29, 1.82) is 0 Å². The number of hydrogen-bond acceptors (Lipinski definition) is 5. The fourth-order valence-corrected chi connectivity index (χ4v) is 2.78. The predicted octanol–water partition coefficient (Wildman–Crippen LogP) is 1.40. The van der Waals surface area contributed by atoms with Gasteiger partial charge in [-0.15, -0.1) is 24.0 Å². The van der Waals surface area contributed by atoms with Crippen LogP contribution in [0.3, 0.4) is 0 Å². The van der Waals surface area contributed by atoms with Crippen LogP contribution in [0.5, 0.6) is 0 Å². The number of halogens is 1. The van der Waals surface area contributed by atoms with Gasteiger partial charge in [-0.1, -0.05) is 0 Å². The lowest BCUT2D eigenvalue weighted by molar-refractivity contribution is -0.00684. The molecule has 1 aromatic rings. The van der Waals surface area contributed by atoms with Gasteiger partial charge in [0.05, 0.1) is 25.9 Å². The second-order valence-corrected chi connectivity index (χ2v) is 6.78. The largest absolute Gasteiger partial charge is 0.387 e. The molecule has 0 aromatic carbocycles. The number of nitrogens with zero attached hydrogens (tertiary/aromatic N) is 3. The topological polar surface area (TPSA) is 82.0 Å². The number of aromatic nitrogens is 1. The van der Waals surface area contributed by atoms with E-state index in [0.29, 0.717) is 13.1 Å². The highest BCUT2D eigenvalue weighted by Gasteiger charge is 2.28. The molecule has 1 atom stereocenters. The van der Waals surface area contributed by atoms with Gasteiger partial charge in [0.25, 0.3) is 0 Å². The van der Waals surface area contributed by atoms with E-state index in [9.17, 15) is 5.11 Å². The molecule has 26 heavy (non-hydrogen) atoms. The number of morpholine rings is 1. The summed E-state index contributed by atoms with van der Waals surface area (Å²) in [7, 11) is 0. The summed E-state index contributed by atoms with van der Waals surface area (Å²) in [6, 6.07) is 3.63. The highest BCUT2D eigenvalue weighted by atomic mass is 127. The van der Waals surface area contributed by atoms with E-state index in [4.69, 9.17) is 9.73 Å². The summed E-state index contributed by atoms with van der Waals surface area (Å²) in [6.07, 6.45) is 2.77. The van der Waals surface area contributed by atoms with E-state index in [1.807, 2.05) is 19.1 Å². The average Bonchev–Trinajstić information content (AvgIpc) is 2.65. The summed E-state index contributed by atoms with van der Waals surface area (Å²) in [5.74, 6) is 0.719. The fraction of sp³-hybridized carbons (Fsp3) is 0.667. The number of nitrogens with one attached hydrogen (secondary N) is 2. The molecule has 2 rings (SSSR count). The molecule has 2 heterocycles. The molecule has 7 nitrogen and oxygen atoms in total. The van der Waals surface area contributed by atoms with Crippen molar-refractivity contribution in [3.05, 3.63) is 30.1 Å². The first kappa shape index (κ1) is 23.1. The van der Waals surface area contributed by atoms with Crippen molar-refractivity contribution in [2.24, 2.45) is 4.99 Å². The SMILES string of the molecule is CCNC(=NCC(C)(C)N1CCOCC1)NCC(O)c1ccncc1.I. The van der Waals surface area contributed by atoms with Crippen molar-refractivity contribution >= 4 is 29.9 Å². The molecule has 1 aromatic heterocycles. The summed E-state index contributed by atoms with van der Waals surface area (Å²) in [5.41, 5.74) is 0.808. The summed E-state index contributed by atoms with van der Waals surface area (Å²) in [5, 5.41) is 16.7. The van der Waals surface area contributed by atoms with E-state index in [-0.39, 0.29) is 29.5 Å². The Kier molecular flexibility index (Phi) is 10.4. The van der Waals surface area contributed by atoms with Gasteiger partial charge in [-0.25, -0.2) is 0 Å². The zero-order chi connectivity index (χ0) is 18.1. The van der Waals surface area contributed by atoms with Gasteiger partial charge in [0, 0.05) is 44.1 Å².